The molecule has 0 saturated carbocycles. The Morgan fingerprint density at radius 3 is 2.19 bits per heavy atom. The third-order valence-corrected chi connectivity index (χ3v) is 4.58. The summed E-state index contributed by atoms with van der Waals surface area (Å²) in [7, 11) is 0. The fourth-order valence-corrected chi connectivity index (χ4v) is 3.05. The van der Waals surface area contributed by atoms with E-state index in [2.05, 4.69) is 10.2 Å². The molecule has 1 aliphatic heterocycles. The van der Waals surface area contributed by atoms with Crippen molar-refractivity contribution in [2.45, 2.75) is 0 Å². The summed E-state index contributed by atoms with van der Waals surface area (Å²) >= 11 is 0. The van der Waals surface area contributed by atoms with Crippen molar-refractivity contribution in [3.05, 3.63) is 96.1 Å². The zero-order valence-electron chi connectivity index (χ0n) is 16.5. The van der Waals surface area contributed by atoms with Crippen LogP contribution in [0.4, 0.5) is 11.5 Å². The maximum Gasteiger partial charge on any atom is 0.282 e. The molecule has 0 atom stereocenters. The molecule has 0 spiro atoms. The Balaban J connectivity index is 1.48. The first-order valence-electron chi connectivity index (χ1n) is 9.48. The first kappa shape index (κ1) is 19.7. The Morgan fingerprint density at radius 2 is 1.52 bits per heavy atom. The minimum Gasteiger partial charge on any atom is -0.493 e. The van der Waals surface area contributed by atoms with Gasteiger partial charge >= 0.3 is 0 Å². The number of nitrogen functional groups attached to an aromatic ring is 1. The molecule has 0 unspecified atom stereocenters. The lowest BCUT2D eigenvalue weighted by atomic mass is 10.2. The second-order valence-corrected chi connectivity index (χ2v) is 6.63. The Labute approximate surface area is 178 Å². The van der Waals surface area contributed by atoms with Crippen molar-refractivity contribution in [1.82, 2.24) is 9.78 Å². The molecule has 8 nitrogen and oxygen atoms in total. The maximum atomic E-state index is 12.6. The van der Waals surface area contributed by atoms with E-state index in [0.717, 1.165) is 0 Å². The van der Waals surface area contributed by atoms with Crippen molar-refractivity contribution >= 4 is 29.3 Å². The number of hydrazone groups is 1. The quantitative estimate of drug-likeness (QED) is 0.439. The van der Waals surface area contributed by atoms with Crippen LogP contribution >= 0.6 is 0 Å². The molecular formula is C23H20N6O2. The number of nitrogens with two attached hydrogens (primary N) is 2. The van der Waals surface area contributed by atoms with Gasteiger partial charge in [-0.15, -0.1) is 10.2 Å². The van der Waals surface area contributed by atoms with E-state index >= 15 is 0 Å². The van der Waals surface area contributed by atoms with E-state index in [1.165, 1.54) is 9.69 Å². The molecule has 1 aliphatic rings. The Kier molecular flexibility index (Phi) is 5.35. The van der Waals surface area contributed by atoms with Crippen molar-refractivity contribution in [3.63, 3.8) is 0 Å². The molecule has 3 aromatic rings. The van der Waals surface area contributed by atoms with Crippen molar-refractivity contribution < 1.29 is 9.90 Å². The predicted octanol–water partition coefficient (Wildman–Crippen LogP) is 2.97. The van der Waals surface area contributed by atoms with Gasteiger partial charge < -0.3 is 16.6 Å². The van der Waals surface area contributed by atoms with Gasteiger partial charge in [-0.25, -0.2) is 0 Å². The molecule has 1 amide bonds. The molecule has 31 heavy (non-hydrogen) atoms. The lowest BCUT2D eigenvalue weighted by Crippen LogP contribution is -2.21. The zero-order chi connectivity index (χ0) is 21.8. The van der Waals surface area contributed by atoms with Crippen molar-refractivity contribution in [2.75, 3.05) is 10.7 Å². The Morgan fingerprint density at radius 1 is 0.871 bits per heavy atom. The maximum absolute atomic E-state index is 12.6. The SMILES string of the molecule is NC1=NN(c2ccccc2)C(=O)C1=CC=CC=Cc1c(N)nn(-c2ccccc2)c1O. The summed E-state index contributed by atoms with van der Waals surface area (Å²) in [6.45, 7) is 0. The highest BCUT2D eigenvalue weighted by molar-refractivity contribution is 6.29. The number of rotatable bonds is 5. The van der Waals surface area contributed by atoms with Crippen LogP contribution in [0.5, 0.6) is 5.88 Å². The molecule has 0 saturated heterocycles. The normalized spacial score (nSPS) is 15.5. The lowest BCUT2D eigenvalue weighted by molar-refractivity contribution is -0.114. The van der Waals surface area contributed by atoms with Crippen LogP contribution in [0.2, 0.25) is 0 Å². The van der Waals surface area contributed by atoms with Gasteiger partial charge in [0.15, 0.2) is 11.7 Å². The number of allylic oxidation sites excluding steroid dienone is 4. The van der Waals surface area contributed by atoms with E-state index < -0.39 is 0 Å². The van der Waals surface area contributed by atoms with Crippen LogP contribution in [0, 0.1) is 0 Å². The van der Waals surface area contributed by atoms with Gasteiger partial charge in [-0.2, -0.15) is 9.69 Å². The molecule has 2 aromatic carbocycles. The number of benzene rings is 2. The number of amidine groups is 1. The van der Waals surface area contributed by atoms with Gasteiger partial charge in [0, 0.05) is 0 Å². The summed E-state index contributed by atoms with van der Waals surface area (Å²) < 4.78 is 1.37. The Bertz CT molecular complexity index is 1220. The van der Waals surface area contributed by atoms with Gasteiger partial charge in [0.1, 0.15) is 0 Å². The van der Waals surface area contributed by atoms with Crippen LogP contribution < -0.4 is 16.5 Å². The van der Waals surface area contributed by atoms with Crippen LogP contribution in [0.3, 0.4) is 0 Å². The average Bonchev–Trinajstić information content (AvgIpc) is 3.24. The smallest absolute Gasteiger partial charge is 0.282 e. The highest BCUT2D eigenvalue weighted by Crippen LogP contribution is 2.27. The van der Waals surface area contributed by atoms with Crippen LogP contribution in [0.1, 0.15) is 5.56 Å². The fraction of sp³-hybridized carbons (Fsp3) is 0. The molecule has 0 fully saturated rings. The highest BCUT2D eigenvalue weighted by Gasteiger charge is 2.28. The summed E-state index contributed by atoms with van der Waals surface area (Å²) in [4.78, 5) is 12.6. The molecule has 154 valence electrons. The molecule has 4 rings (SSSR count). The Hall–Kier alpha value is -4.59. The van der Waals surface area contributed by atoms with Gasteiger partial charge in [0.05, 0.1) is 22.5 Å². The number of carbonyl (C=O) groups excluding carboxylic acids is 1. The van der Waals surface area contributed by atoms with E-state index in [0.29, 0.717) is 22.5 Å². The van der Waals surface area contributed by atoms with Gasteiger partial charge in [0.25, 0.3) is 5.91 Å². The average molecular weight is 412 g/mol. The van der Waals surface area contributed by atoms with Crippen LogP contribution in [0.15, 0.2) is 95.6 Å². The molecule has 0 radical (unpaired) electrons. The van der Waals surface area contributed by atoms with Crippen LogP contribution in [0.25, 0.3) is 11.8 Å². The number of para-hydroxylation sites is 2. The molecule has 5 N–H and O–H groups in total. The largest absolute Gasteiger partial charge is 0.493 e. The molecule has 2 heterocycles. The van der Waals surface area contributed by atoms with E-state index in [1.54, 1.807) is 42.5 Å². The number of nitrogens with zero attached hydrogens (tertiary/aromatic N) is 4. The number of anilines is 2. The second kappa shape index (κ2) is 8.42. The topological polar surface area (TPSA) is 123 Å². The molecule has 0 aliphatic carbocycles. The first-order chi connectivity index (χ1) is 15.1. The third-order valence-electron chi connectivity index (χ3n) is 4.58. The molecule has 1 aromatic heterocycles. The van der Waals surface area contributed by atoms with Crippen molar-refractivity contribution in [3.8, 4) is 11.6 Å². The summed E-state index contributed by atoms with van der Waals surface area (Å²) in [5, 5.41) is 20.0. The van der Waals surface area contributed by atoms with Gasteiger partial charge in [0.2, 0.25) is 5.88 Å². The first-order valence-corrected chi connectivity index (χ1v) is 9.48. The third kappa shape index (κ3) is 3.95. The summed E-state index contributed by atoms with van der Waals surface area (Å²) in [6.07, 6.45) is 8.26. The fourth-order valence-electron chi connectivity index (χ4n) is 3.05. The number of hydrogen-bond acceptors (Lipinski definition) is 6. The number of aromatic nitrogens is 2. The van der Waals surface area contributed by atoms with Crippen molar-refractivity contribution in [1.29, 1.82) is 0 Å². The standard InChI is InChI=1S/C23H20N6O2/c24-20-18(22(30)28(26-20)16-10-4-1-5-11-16)14-8-3-9-15-19-21(25)27-29(23(19)31)17-12-6-2-7-13-17/h1-15,30H,(H2,24,26)(H2,25,27). The summed E-state index contributed by atoms with van der Waals surface area (Å²) in [6, 6.07) is 18.3. The summed E-state index contributed by atoms with van der Waals surface area (Å²) in [5.74, 6) is -0.0189. The van der Waals surface area contributed by atoms with Gasteiger partial charge in [-0.05, 0) is 36.4 Å². The number of hydrogen-bond donors (Lipinski definition) is 3. The van der Waals surface area contributed by atoms with E-state index in [-0.39, 0.29) is 23.4 Å². The zero-order valence-corrected chi connectivity index (χ0v) is 16.5. The van der Waals surface area contributed by atoms with Crippen molar-refractivity contribution in [2.24, 2.45) is 10.8 Å². The molecular weight excluding hydrogens is 392 g/mol. The summed E-state index contributed by atoms with van der Waals surface area (Å²) in [5.41, 5.74) is 13.9. The second-order valence-electron chi connectivity index (χ2n) is 6.63. The van der Waals surface area contributed by atoms with Gasteiger partial charge in [-0.3, -0.25) is 4.79 Å². The number of amides is 1. The number of aromatic hydroxyl groups is 1. The highest BCUT2D eigenvalue weighted by atomic mass is 16.3. The van der Waals surface area contributed by atoms with E-state index in [1.807, 2.05) is 48.5 Å². The molecule has 0 bridgehead atoms. The van der Waals surface area contributed by atoms with Crippen LogP contribution in [-0.2, 0) is 4.79 Å². The lowest BCUT2D eigenvalue weighted by Gasteiger charge is -2.10. The minimum absolute atomic E-state index is 0.0624. The minimum atomic E-state index is -0.302. The number of carbonyl (C=O) groups is 1. The van der Waals surface area contributed by atoms with Gasteiger partial charge in [-0.1, -0.05) is 54.6 Å². The monoisotopic (exact) mass is 412 g/mol. The van der Waals surface area contributed by atoms with E-state index in [9.17, 15) is 9.90 Å². The predicted molar refractivity (Wildman–Crippen MR) is 121 cm³/mol. The van der Waals surface area contributed by atoms with Crippen LogP contribution in [-0.4, -0.2) is 26.6 Å². The van der Waals surface area contributed by atoms with E-state index in [4.69, 9.17) is 11.5 Å². The molecule has 8 heteroatoms.